The van der Waals surface area contributed by atoms with Crippen LogP contribution >= 0.6 is 0 Å². The molecule has 0 bridgehead atoms. The topological polar surface area (TPSA) is 73.8 Å². The summed E-state index contributed by atoms with van der Waals surface area (Å²) in [6, 6.07) is 15.8. The van der Waals surface area contributed by atoms with Crippen LogP contribution < -0.4 is 19.1 Å². The van der Waals surface area contributed by atoms with E-state index in [2.05, 4.69) is 46.3 Å². The van der Waals surface area contributed by atoms with Crippen molar-refractivity contribution in [3.63, 3.8) is 0 Å². The maximum Gasteiger partial charge on any atom is 0.174 e. The van der Waals surface area contributed by atoms with Gasteiger partial charge in [-0.1, -0.05) is 29.8 Å². The average Bonchev–Trinajstić information content (AvgIpc) is 2.84. The molecule has 0 unspecified atom stereocenters. The Hall–Kier alpha value is -3.61. The van der Waals surface area contributed by atoms with Crippen LogP contribution in [0.1, 0.15) is 35.2 Å². The molecule has 0 aliphatic carbocycles. The lowest BCUT2D eigenvalue weighted by molar-refractivity contribution is 0.0224. The van der Waals surface area contributed by atoms with Gasteiger partial charge in [0.1, 0.15) is 28.4 Å². The summed E-state index contributed by atoms with van der Waals surface area (Å²) in [6.07, 6.45) is 1.78. The molecular formula is C26H27N3O4. The molecule has 0 atom stereocenters. The fourth-order valence-corrected chi connectivity index (χ4v) is 4.64. The monoisotopic (exact) mass is 445 g/mol. The fourth-order valence-electron chi connectivity index (χ4n) is 4.64. The molecule has 170 valence electrons. The van der Waals surface area contributed by atoms with Crippen LogP contribution in [-0.4, -0.2) is 48.9 Å². The van der Waals surface area contributed by atoms with E-state index in [0.717, 1.165) is 43.0 Å². The van der Waals surface area contributed by atoms with Crippen LogP contribution in [0.15, 0.2) is 48.5 Å². The lowest BCUT2D eigenvalue weighted by Crippen LogP contribution is -2.51. The first-order valence-electron chi connectivity index (χ1n) is 11.1. The highest BCUT2D eigenvalue weighted by molar-refractivity contribution is 6.03. The smallest absolute Gasteiger partial charge is 0.174 e. The molecule has 0 saturated carbocycles. The number of nitrogens with zero attached hydrogens (tertiary/aromatic N) is 3. The van der Waals surface area contributed by atoms with Gasteiger partial charge in [-0.25, -0.2) is 0 Å². The van der Waals surface area contributed by atoms with Crippen LogP contribution in [0.4, 0.5) is 5.82 Å². The van der Waals surface area contributed by atoms with Gasteiger partial charge in [-0.05, 0) is 19.1 Å². The van der Waals surface area contributed by atoms with Gasteiger partial charge in [0.05, 0.1) is 26.3 Å². The SMILES string of the molecule is COc1cc(OC)c2c(c1)OC1(CCN(c3ccc(-c4ccc(C)cc4)nn3)CC1)CC2=O. The van der Waals surface area contributed by atoms with Gasteiger partial charge in [-0.3, -0.25) is 4.79 Å². The van der Waals surface area contributed by atoms with Gasteiger partial charge in [-0.2, -0.15) is 0 Å². The predicted molar refractivity (Wildman–Crippen MR) is 126 cm³/mol. The summed E-state index contributed by atoms with van der Waals surface area (Å²) in [5, 5.41) is 8.90. The highest BCUT2D eigenvalue weighted by Gasteiger charge is 2.44. The number of carbonyl (C=O) groups is 1. The van der Waals surface area contributed by atoms with E-state index in [4.69, 9.17) is 14.2 Å². The van der Waals surface area contributed by atoms with Crippen molar-refractivity contribution in [3.05, 3.63) is 59.7 Å². The summed E-state index contributed by atoms with van der Waals surface area (Å²) in [4.78, 5) is 15.2. The van der Waals surface area contributed by atoms with E-state index in [-0.39, 0.29) is 5.78 Å². The Labute approximate surface area is 193 Å². The highest BCUT2D eigenvalue weighted by atomic mass is 16.5. The molecule has 1 aromatic heterocycles. The van der Waals surface area contributed by atoms with Crippen molar-refractivity contribution in [1.82, 2.24) is 10.2 Å². The second-order valence-corrected chi connectivity index (χ2v) is 8.72. The predicted octanol–water partition coefficient (Wildman–Crippen LogP) is 4.47. The second kappa shape index (κ2) is 8.39. The summed E-state index contributed by atoms with van der Waals surface area (Å²) < 4.78 is 17.2. The number of aromatic nitrogens is 2. The molecule has 7 nitrogen and oxygen atoms in total. The number of methoxy groups -OCH3 is 2. The summed E-state index contributed by atoms with van der Waals surface area (Å²) in [7, 11) is 3.14. The minimum Gasteiger partial charge on any atom is -0.496 e. The van der Waals surface area contributed by atoms with E-state index in [1.807, 2.05) is 12.1 Å². The summed E-state index contributed by atoms with van der Waals surface area (Å²) in [5.41, 5.74) is 3.11. The van der Waals surface area contributed by atoms with E-state index in [9.17, 15) is 4.79 Å². The van der Waals surface area contributed by atoms with Crippen molar-refractivity contribution in [2.75, 3.05) is 32.2 Å². The van der Waals surface area contributed by atoms with Crippen LogP contribution in [0.2, 0.25) is 0 Å². The molecule has 1 saturated heterocycles. The number of fused-ring (bicyclic) bond motifs is 1. The molecule has 5 rings (SSSR count). The first-order valence-corrected chi connectivity index (χ1v) is 11.1. The molecule has 1 spiro atoms. The van der Waals surface area contributed by atoms with Gasteiger partial charge in [0.15, 0.2) is 11.6 Å². The van der Waals surface area contributed by atoms with Gasteiger partial charge < -0.3 is 19.1 Å². The first-order chi connectivity index (χ1) is 16.0. The Bertz CT molecular complexity index is 1170. The van der Waals surface area contributed by atoms with Gasteiger partial charge in [0.25, 0.3) is 0 Å². The minimum absolute atomic E-state index is 0.0476. The molecule has 33 heavy (non-hydrogen) atoms. The van der Waals surface area contributed by atoms with Crippen molar-refractivity contribution >= 4 is 11.6 Å². The standard InChI is InChI=1S/C26H27N3O4/c1-17-4-6-18(7-5-17)20-8-9-24(28-27-20)29-12-10-26(11-13-29)16-21(30)25-22(32-3)14-19(31-2)15-23(25)33-26/h4-9,14-15H,10-13,16H2,1-3H3. The highest BCUT2D eigenvalue weighted by Crippen LogP contribution is 2.45. The molecule has 2 aliphatic heterocycles. The number of ketones is 1. The largest absolute Gasteiger partial charge is 0.496 e. The first kappa shape index (κ1) is 21.2. The number of hydrogen-bond donors (Lipinski definition) is 0. The third kappa shape index (κ3) is 3.99. The summed E-state index contributed by atoms with van der Waals surface area (Å²) in [5.74, 6) is 2.53. The Balaban J connectivity index is 1.31. The Morgan fingerprint density at radius 2 is 1.73 bits per heavy atom. The van der Waals surface area contributed by atoms with E-state index in [0.29, 0.717) is 29.2 Å². The summed E-state index contributed by atoms with van der Waals surface area (Å²) in [6.45, 7) is 3.54. The van der Waals surface area contributed by atoms with E-state index in [1.165, 1.54) is 5.56 Å². The minimum atomic E-state index is -0.521. The van der Waals surface area contributed by atoms with Crippen molar-refractivity contribution in [2.45, 2.75) is 31.8 Å². The third-order valence-corrected chi connectivity index (χ3v) is 6.58. The van der Waals surface area contributed by atoms with Crippen LogP contribution in [-0.2, 0) is 0 Å². The summed E-state index contributed by atoms with van der Waals surface area (Å²) >= 11 is 0. The Morgan fingerprint density at radius 1 is 0.970 bits per heavy atom. The number of benzene rings is 2. The molecule has 3 aromatic rings. The average molecular weight is 446 g/mol. The zero-order valence-corrected chi connectivity index (χ0v) is 19.1. The van der Waals surface area contributed by atoms with Gasteiger partial charge in [0, 0.05) is 43.6 Å². The maximum atomic E-state index is 13.0. The van der Waals surface area contributed by atoms with Crippen molar-refractivity contribution in [2.24, 2.45) is 0 Å². The normalized spacial score (nSPS) is 16.8. The number of carbonyl (C=O) groups excluding carboxylic acids is 1. The van der Waals surface area contributed by atoms with Crippen LogP contribution in [0.5, 0.6) is 17.2 Å². The lowest BCUT2D eigenvalue weighted by atomic mass is 9.82. The lowest BCUT2D eigenvalue weighted by Gasteiger charge is -2.44. The van der Waals surface area contributed by atoms with Crippen LogP contribution in [0.3, 0.4) is 0 Å². The fraction of sp³-hybridized carbons (Fsp3) is 0.346. The van der Waals surface area contributed by atoms with Crippen LogP contribution in [0, 0.1) is 6.92 Å². The van der Waals surface area contributed by atoms with Gasteiger partial charge in [-0.15, -0.1) is 10.2 Å². The molecule has 2 aliphatic rings. The quantitative estimate of drug-likeness (QED) is 0.586. The van der Waals surface area contributed by atoms with E-state index >= 15 is 0 Å². The molecule has 7 heteroatoms. The van der Waals surface area contributed by atoms with E-state index < -0.39 is 5.60 Å². The molecule has 0 radical (unpaired) electrons. The number of ether oxygens (including phenoxy) is 3. The Morgan fingerprint density at radius 3 is 2.36 bits per heavy atom. The zero-order valence-electron chi connectivity index (χ0n) is 19.1. The van der Waals surface area contributed by atoms with Crippen molar-refractivity contribution < 1.29 is 19.0 Å². The molecule has 3 heterocycles. The van der Waals surface area contributed by atoms with Crippen molar-refractivity contribution in [1.29, 1.82) is 0 Å². The number of rotatable bonds is 4. The van der Waals surface area contributed by atoms with Crippen LogP contribution in [0.25, 0.3) is 11.3 Å². The van der Waals surface area contributed by atoms with Gasteiger partial charge >= 0.3 is 0 Å². The number of anilines is 1. The number of hydrogen-bond acceptors (Lipinski definition) is 7. The number of Topliss-reactive ketones (excluding diaryl/α,β-unsaturated/α-hetero) is 1. The maximum absolute atomic E-state index is 13.0. The number of piperidine rings is 1. The molecule has 2 aromatic carbocycles. The third-order valence-electron chi connectivity index (χ3n) is 6.58. The molecular weight excluding hydrogens is 418 g/mol. The van der Waals surface area contributed by atoms with Crippen molar-refractivity contribution in [3.8, 4) is 28.5 Å². The zero-order chi connectivity index (χ0) is 23.0. The number of aryl methyl sites for hydroxylation is 1. The Kier molecular flexibility index (Phi) is 5.40. The van der Waals surface area contributed by atoms with E-state index in [1.54, 1.807) is 26.4 Å². The molecule has 1 fully saturated rings. The molecule has 0 N–H and O–H groups in total. The van der Waals surface area contributed by atoms with Gasteiger partial charge in [0.2, 0.25) is 0 Å². The molecule has 0 amide bonds. The second-order valence-electron chi connectivity index (χ2n) is 8.72.